The molecule has 5 aliphatic rings. The third-order valence-electron chi connectivity index (χ3n) is 6.91. The van der Waals surface area contributed by atoms with Crippen LogP contribution in [0.15, 0.2) is 47.6 Å². The zero-order chi connectivity index (χ0) is 17.2. The fourth-order valence-electron chi connectivity index (χ4n) is 5.21. The van der Waals surface area contributed by atoms with E-state index in [0.29, 0.717) is 19.0 Å². The van der Waals surface area contributed by atoms with Crippen LogP contribution in [0.4, 0.5) is 0 Å². The summed E-state index contributed by atoms with van der Waals surface area (Å²) >= 11 is 0. The molecule has 5 atom stereocenters. The van der Waals surface area contributed by atoms with Crippen LogP contribution in [0.5, 0.6) is 0 Å². The smallest absolute Gasteiger partial charge is 0.211 e. The highest BCUT2D eigenvalue weighted by molar-refractivity contribution is 7.91. The van der Waals surface area contributed by atoms with E-state index in [1.54, 1.807) is 5.57 Å². The first kappa shape index (κ1) is 16.1. The molecule has 4 aliphatic carbocycles. The largest absolute Gasteiger partial charge is 0.224 e. The second-order valence-corrected chi connectivity index (χ2v) is 10.9. The van der Waals surface area contributed by atoms with E-state index in [9.17, 15) is 8.42 Å². The Bertz CT molecular complexity index is 819. The predicted octanol–water partition coefficient (Wildman–Crippen LogP) is 3.83. The second-order valence-electron chi connectivity index (χ2n) is 8.72. The summed E-state index contributed by atoms with van der Waals surface area (Å²) in [5.74, 6) is 2.22. The molecule has 3 fully saturated rings. The van der Waals surface area contributed by atoms with Gasteiger partial charge in [-0.05, 0) is 56.8 Å². The maximum atomic E-state index is 13.3. The van der Waals surface area contributed by atoms with Gasteiger partial charge in [0.25, 0.3) is 0 Å². The number of allylic oxidation sites excluding steroid dienone is 7. The quantitative estimate of drug-likeness (QED) is 0.767. The first-order chi connectivity index (χ1) is 12.0. The van der Waals surface area contributed by atoms with Crippen molar-refractivity contribution in [1.29, 1.82) is 0 Å². The molecule has 4 unspecified atom stereocenters. The molecule has 0 amide bonds. The van der Waals surface area contributed by atoms with Gasteiger partial charge in [0.15, 0.2) is 0 Å². The van der Waals surface area contributed by atoms with Gasteiger partial charge in [0, 0.05) is 19.0 Å². The van der Waals surface area contributed by atoms with Crippen LogP contribution in [-0.2, 0) is 10.0 Å². The maximum Gasteiger partial charge on any atom is 0.224 e. The van der Waals surface area contributed by atoms with E-state index < -0.39 is 14.8 Å². The van der Waals surface area contributed by atoms with E-state index in [-0.39, 0.29) is 5.92 Å². The van der Waals surface area contributed by atoms with Crippen molar-refractivity contribution in [3.05, 3.63) is 47.6 Å². The van der Waals surface area contributed by atoms with Crippen molar-refractivity contribution in [2.75, 3.05) is 13.1 Å². The molecule has 4 heteroatoms. The summed E-state index contributed by atoms with van der Waals surface area (Å²) in [7, 11) is -3.24. The maximum absolute atomic E-state index is 13.3. The lowest BCUT2D eigenvalue weighted by atomic mass is 9.88. The van der Waals surface area contributed by atoms with Gasteiger partial charge in [-0.3, -0.25) is 0 Å². The normalized spacial score (nSPS) is 42.3. The summed E-state index contributed by atoms with van der Waals surface area (Å²) in [4.78, 5) is 0. The fraction of sp³-hybridized carbons (Fsp3) is 0.619. The molecule has 0 radical (unpaired) electrons. The van der Waals surface area contributed by atoms with E-state index >= 15 is 0 Å². The molecule has 0 N–H and O–H groups in total. The molecule has 0 aromatic rings. The number of hydrogen-bond donors (Lipinski definition) is 0. The van der Waals surface area contributed by atoms with Gasteiger partial charge in [-0.1, -0.05) is 47.6 Å². The lowest BCUT2D eigenvalue weighted by Crippen LogP contribution is -2.46. The van der Waals surface area contributed by atoms with Crippen LogP contribution in [0.25, 0.3) is 0 Å². The SMILES string of the molecule is CC1=CC2CC2(S(=O)(=O)N2CCC[C@@H](CC3=CC=CC4CC34)C2)C=C1. The minimum atomic E-state index is -3.24. The van der Waals surface area contributed by atoms with Crippen LogP contribution in [0, 0.1) is 23.7 Å². The molecule has 25 heavy (non-hydrogen) atoms. The third kappa shape index (κ3) is 2.52. The number of sulfonamides is 1. The molecule has 0 aromatic carbocycles. The van der Waals surface area contributed by atoms with Crippen molar-refractivity contribution in [3.63, 3.8) is 0 Å². The number of hydrogen-bond acceptors (Lipinski definition) is 2. The molecule has 3 nitrogen and oxygen atoms in total. The van der Waals surface area contributed by atoms with Gasteiger partial charge in [-0.25, -0.2) is 12.7 Å². The first-order valence-electron chi connectivity index (χ1n) is 9.74. The minimum absolute atomic E-state index is 0.196. The Morgan fingerprint density at radius 1 is 1.36 bits per heavy atom. The molecule has 134 valence electrons. The number of fused-ring (bicyclic) bond motifs is 2. The Labute approximate surface area is 151 Å². The summed E-state index contributed by atoms with van der Waals surface area (Å²) in [6.45, 7) is 3.47. The van der Waals surface area contributed by atoms with Crippen molar-refractivity contribution >= 4 is 10.0 Å². The number of piperidine rings is 1. The zero-order valence-electron chi connectivity index (χ0n) is 14.9. The van der Waals surface area contributed by atoms with Crippen LogP contribution in [0.1, 0.15) is 39.0 Å². The first-order valence-corrected chi connectivity index (χ1v) is 11.2. The topological polar surface area (TPSA) is 37.4 Å². The van der Waals surface area contributed by atoms with Crippen LogP contribution in [-0.4, -0.2) is 30.6 Å². The van der Waals surface area contributed by atoms with Gasteiger partial charge in [0.05, 0.1) is 0 Å². The summed E-state index contributed by atoms with van der Waals surface area (Å²) in [5.41, 5.74) is 2.76. The van der Waals surface area contributed by atoms with Gasteiger partial charge in [-0.15, -0.1) is 0 Å². The molecule has 5 rings (SSSR count). The van der Waals surface area contributed by atoms with E-state index in [1.807, 2.05) is 16.5 Å². The lowest BCUT2D eigenvalue weighted by molar-refractivity contribution is 0.261. The molecular formula is C21H27NO2S. The van der Waals surface area contributed by atoms with Crippen molar-refractivity contribution in [2.45, 2.75) is 43.8 Å². The van der Waals surface area contributed by atoms with E-state index in [1.165, 1.54) is 12.0 Å². The van der Waals surface area contributed by atoms with E-state index in [4.69, 9.17) is 0 Å². The summed E-state index contributed by atoms with van der Waals surface area (Å²) in [5, 5.41) is 0. The summed E-state index contributed by atoms with van der Waals surface area (Å²) in [6, 6.07) is 0. The van der Waals surface area contributed by atoms with Crippen molar-refractivity contribution < 1.29 is 8.42 Å². The lowest BCUT2D eigenvalue weighted by Gasteiger charge is -2.35. The molecule has 1 aliphatic heterocycles. The monoisotopic (exact) mass is 357 g/mol. The third-order valence-corrected chi connectivity index (χ3v) is 9.49. The van der Waals surface area contributed by atoms with E-state index in [2.05, 4.69) is 31.2 Å². The van der Waals surface area contributed by atoms with Crippen molar-refractivity contribution in [1.82, 2.24) is 4.31 Å². The van der Waals surface area contributed by atoms with Gasteiger partial charge >= 0.3 is 0 Å². The van der Waals surface area contributed by atoms with Crippen LogP contribution in [0.2, 0.25) is 0 Å². The van der Waals surface area contributed by atoms with Crippen molar-refractivity contribution in [3.8, 4) is 0 Å². The Morgan fingerprint density at radius 3 is 3.08 bits per heavy atom. The highest BCUT2D eigenvalue weighted by Crippen LogP contribution is 2.56. The highest BCUT2D eigenvalue weighted by atomic mass is 32.2. The Morgan fingerprint density at radius 2 is 2.24 bits per heavy atom. The summed E-state index contributed by atoms with van der Waals surface area (Å²) < 4.78 is 27.9. The van der Waals surface area contributed by atoms with Gasteiger partial charge in [-0.2, -0.15) is 0 Å². The fourth-order valence-corrected chi connectivity index (χ4v) is 7.55. The van der Waals surface area contributed by atoms with Gasteiger partial charge < -0.3 is 0 Å². The van der Waals surface area contributed by atoms with Crippen molar-refractivity contribution in [2.24, 2.45) is 23.7 Å². The van der Waals surface area contributed by atoms with Gasteiger partial charge in [0.1, 0.15) is 4.75 Å². The zero-order valence-corrected chi connectivity index (χ0v) is 15.7. The Balaban J connectivity index is 1.31. The molecule has 0 aromatic heterocycles. The predicted molar refractivity (Wildman–Crippen MR) is 100 cm³/mol. The Kier molecular flexibility index (Phi) is 3.49. The molecule has 1 saturated heterocycles. The molecular weight excluding hydrogens is 330 g/mol. The molecule has 1 heterocycles. The second kappa shape index (κ2) is 5.43. The van der Waals surface area contributed by atoms with Crippen LogP contribution < -0.4 is 0 Å². The van der Waals surface area contributed by atoms with Crippen LogP contribution >= 0.6 is 0 Å². The Hall–Kier alpha value is -1.13. The average molecular weight is 358 g/mol. The van der Waals surface area contributed by atoms with Crippen LogP contribution in [0.3, 0.4) is 0 Å². The number of nitrogens with zero attached hydrogens (tertiary/aromatic N) is 1. The molecule has 2 saturated carbocycles. The summed E-state index contributed by atoms with van der Waals surface area (Å²) in [6.07, 6.45) is 18.2. The standard InChI is InChI=1S/C21H27NO2S/c1-15-7-8-21(13-19(21)10-15)25(23,24)22-9-3-4-16(14-22)11-17-5-2-6-18-12-20(17)18/h2,5-8,10,16,18-20H,3-4,9,11-14H2,1H3/t16-,18?,19?,20?,21?/m0/s1. The van der Waals surface area contributed by atoms with Gasteiger partial charge in [0.2, 0.25) is 10.0 Å². The molecule has 0 bridgehead atoms. The number of rotatable bonds is 4. The molecule has 0 spiro atoms. The highest BCUT2D eigenvalue weighted by Gasteiger charge is 2.63. The average Bonchev–Trinajstić information content (AvgIpc) is 3.48. The van der Waals surface area contributed by atoms with E-state index in [0.717, 1.165) is 37.5 Å². The minimum Gasteiger partial charge on any atom is -0.211 e.